The Morgan fingerprint density at radius 2 is 2.00 bits per heavy atom. The van der Waals surface area contributed by atoms with Gasteiger partial charge in [0.1, 0.15) is 0 Å². The highest BCUT2D eigenvalue weighted by molar-refractivity contribution is 5.30. The molecule has 3 nitrogen and oxygen atoms in total. The van der Waals surface area contributed by atoms with Crippen molar-refractivity contribution in [1.29, 1.82) is 0 Å². The Labute approximate surface area is 102 Å². The predicted molar refractivity (Wildman–Crippen MR) is 69.8 cm³/mol. The van der Waals surface area contributed by atoms with Crippen molar-refractivity contribution in [3.63, 3.8) is 0 Å². The van der Waals surface area contributed by atoms with Gasteiger partial charge in [0, 0.05) is 13.2 Å². The molecule has 3 heteroatoms. The van der Waals surface area contributed by atoms with Gasteiger partial charge in [0.05, 0.1) is 11.7 Å². The minimum atomic E-state index is -0.0293. The van der Waals surface area contributed by atoms with Gasteiger partial charge in [-0.2, -0.15) is 5.10 Å². The summed E-state index contributed by atoms with van der Waals surface area (Å²) in [6, 6.07) is 8.45. The first-order chi connectivity index (χ1) is 8.06. The molecule has 0 saturated heterocycles. The molecule has 2 rings (SSSR count). The Morgan fingerprint density at radius 3 is 2.59 bits per heavy atom. The molecule has 0 aliphatic carbocycles. The molecule has 1 unspecified atom stereocenters. The van der Waals surface area contributed by atoms with Crippen LogP contribution in [0.15, 0.2) is 30.5 Å². The van der Waals surface area contributed by atoms with Gasteiger partial charge in [-0.25, -0.2) is 0 Å². The van der Waals surface area contributed by atoms with Crippen LogP contribution < -0.4 is 5.73 Å². The van der Waals surface area contributed by atoms with Crippen LogP contribution in [-0.2, 0) is 13.5 Å². The van der Waals surface area contributed by atoms with Crippen LogP contribution in [0.4, 0.5) is 0 Å². The average molecular weight is 229 g/mol. The van der Waals surface area contributed by atoms with Gasteiger partial charge < -0.3 is 5.73 Å². The maximum Gasteiger partial charge on any atom is 0.0795 e. The maximum atomic E-state index is 6.15. The van der Waals surface area contributed by atoms with E-state index in [1.54, 1.807) is 4.68 Å². The van der Waals surface area contributed by atoms with Crippen molar-refractivity contribution in [2.75, 3.05) is 0 Å². The van der Waals surface area contributed by atoms with Crippen molar-refractivity contribution >= 4 is 0 Å². The summed E-state index contributed by atoms with van der Waals surface area (Å²) < 4.78 is 1.79. The molecule has 2 N–H and O–H groups in total. The van der Waals surface area contributed by atoms with E-state index >= 15 is 0 Å². The van der Waals surface area contributed by atoms with E-state index in [-0.39, 0.29) is 6.04 Å². The molecule has 90 valence electrons. The summed E-state index contributed by atoms with van der Waals surface area (Å²) in [5.41, 5.74) is 11.0. The standard InChI is InChI=1S/C14H19N3/c1-10-4-5-12(8-11(10)2)9-13(15)14-6-7-17(3)16-14/h4-8,13H,9,15H2,1-3H3. The van der Waals surface area contributed by atoms with Crippen LogP contribution in [0.5, 0.6) is 0 Å². The van der Waals surface area contributed by atoms with E-state index in [0.29, 0.717) is 0 Å². The number of benzene rings is 1. The monoisotopic (exact) mass is 229 g/mol. The van der Waals surface area contributed by atoms with Crippen molar-refractivity contribution in [2.45, 2.75) is 26.3 Å². The molecular formula is C14H19N3. The second kappa shape index (κ2) is 4.72. The topological polar surface area (TPSA) is 43.8 Å². The summed E-state index contributed by atoms with van der Waals surface area (Å²) in [5, 5.41) is 4.34. The fourth-order valence-corrected chi connectivity index (χ4v) is 1.92. The third kappa shape index (κ3) is 2.74. The van der Waals surface area contributed by atoms with E-state index in [1.165, 1.54) is 16.7 Å². The number of hydrogen-bond donors (Lipinski definition) is 1. The quantitative estimate of drug-likeness (QED) is 0.877. The average Bonchev–Trinajstić information content (AvgIpc) is 2.70. The molecule has 1 heterocycles. The Balaban J connectivity index is 2.12. The Hall–Kier alpha value is -1.61. The minimum Gasteiger partial charge on any atom is -0.322 e. The molecule has 0 spiro atoms. The number of nitrogens with two attached hydrogens (primary N) is 1. The molecular weight excluding hydrogens is 210 g/mol. The Bertz CT molecular complexity index is 514. The van der Waals surface area contributed by atoms with Gasteiger partial charge in [0.25, 0.3) is 0 Å². The summed E-state index contributed by atoms with van der Waals surface area (Å²) >= 11 is 0. The van der Waals surface area contributed by atoms with Crippen LogP contribution in [0.3, 0.4) is 0 Å². The molecule has 17 heavy (non-hydrogen) atoms. The van der Waals surface area contributed by atoms with Gasteiger partial charge in [0.15, 0.2) is 0 Å². The lowest BCUT2D eigenvalue weighted by atomic mass is 10.00. The molecule has 0 bridgehead atoms. The maximum absolute atomic E-state index is 6.15. The third-order valence-electron chi connectivity index (χ3n) is 3.14. The molecule has 1 atom stereocenters. The zero-order chi connectivity index (χ0) is 12.4. The van der Waals surface area contributed by atoms with Gasteiger partial charge in [-0.15, -0.1) is 0 Å². The SMILES string of the molecule is Cc1ccc(CC(N)c2ccn(C)n2)cc1C. The molecule has 0 fully saturated rings. The smallest absolute Gasteiger partial charge is 0.0795 e. The summed E-state index contributed by atoms with van der Waals surface area (Å²) in [4.78, 5) is 0. The van der Waals surface area contributed by atoms with Crippen LogP contribution >= 0.6 is 0 Å². The lowest BCUT2D eigenvalue weighted by molar-refractivity contribution is 0.657. The van der Waals surface area contributed by atoms with E-state index in [1.807, 2.05) is 19.3 Å². The van der Waals surface area contributed by atoms with Crippen molar-refractivity contribution in [2.24, 2.45) is 12.8 Å². The molecule has 0 amide bonds. The lowest BCUT2D eigenvalue weighted by Gasteiger charge is -2.10. The van der Waals surface area contributed by atoms with Crippen LogP contribution in [0.1, 0.15) is 28.4 Å². The molecule has 1 aromatic carbocycles. The van der Waals surface area contributed by atoms with Crippen molar-refractivity contribution in [3.05, 3.63) is 52.8 Å². The van der Waals surface area contributed by atoms with Gasteiger partial charge in [-0.05, 0) is 43.0 Å². The number of nitrogens with zero attached hydrogens (tertiary/aromatic N) is 2. The van der Waals surface area contributed by atoms with Crippen molar-refractivity contribution in [3.8, 4) is 0 Å². The number of rotatable bonds is 3. The second-order valence-electron chi connectivity index (χ2n) is 4.64. The molecule has 1 aromatic heterocycles. The first kappa shape index (κ1) is 11.9. The summed E-state index contributed by atoms with van der Waals surface area (Å²) in [5.74, 6) is 0. The van der Waals surface area contributed by atoms with Gasteiger partial charge in [-0.3, -0.25) is 4.68 Å². The molecule has 0 radical (unpaired) electrons. The fraction of sp³-hybridized carbons (Fsp3) is 0.357. The van der Waals surface area contributed by atoms with E-state index in [4.69, 9.17) is 5.73 Å². The first-order valence-electron chi connectivity index (χ1n) is 5.87. The van der Waals surface area contributed by atoms with Crippen LogP contribution in [0.25, 0.3) is 0 Å². The van der Waals surface area contributed by atoms with E-state index < -0.39 is 0 Å². The number of hydrogen-bond acceptors (Lipinski definition) is 2. The van der Waals surface area contributed by atoms with Crippen molar-refractivity contribution < 1.29 is 0 Å². The second-order valence-corrected chi connectivity index (χ2v) is 4.64. The van der Waals surface area contributed by atoms with Crippen LogP contribution in [0.2, 0.25) is 0 Å². The summed E-state index contributed by atoms with van der Waals surface area (Å²) in [6.07, 6.45) is 2.76. The highest BCUT2D eigenvalue weighted by atomic mass is 15.3. The molecule has 0 saturated carbocycles. The summed E-state index contributed by atoms with van der Waals surface area (Å²) in [7, 11) is 1.91. The van der Waals surface area contributed by atoms with Gasteiger partial charge >= 0.3 is 0 Å². The third-order valence-corrected chi connectivity index (χ3v) is 3.14. The normalized spacial score (nSPS) is 12.7. The Morgan fingerprint density at radius 1 is 1.24 bits per heavy atom. The number of aryl methyl sites for hydroxylation is 3. The highest BCUT2D eigenvalue weighted by Gasteiger charge is 2.10. The molecule has 0 aliphatic heterocycles. The van der Waals surface area contributed by atoms with Crippen LogP contribution in [-0.4, -0.2) is 9.78 Å². The van der Waals surface area contributed by atoms with Crippen LogP contribution in [0, 0.1) is 13.8 Å². The zero-order valence-electron chi connectivity index (χ0n) is 10.6. The fourth-order valence-electron chi connectivity index (χ4n) is 1.92. The first-order valence-corrected chi connectivity index (χ1v) is 5.87. The van der Waals surface area contributed by atoms with Gasteiger partial charge in [-0.1, -0.05) is 18.2 Å². The summed E-state index contributed by atoms with van der Waals surface area (Å²) in [6.45, 7) is 4.25. The predicted octanol–water partition coefficient (Wildman–Crippen LogP) is 2.28. The van der Waals surface area contributed by atoms with E-state index in [0.717, 1.165) is 12.1 Å². The highest BCUT2D eigenvalue weighted by Crippen LogP contribution is 2.16. The molecule has 0 aliphatic rings. The molecule has 2 aromatic rings. The van der Waals surface area contributed by atoms with Gasteiger partial charge in [0.2, 0.25) is 0 Å². The van der Waals surface area contributed by atoms with E-state index in [2.05, 4.69) is 37.1 Å². The Kier molecular flexibility index (Phi) is 3.29. The van der Waals surface area contributed by atoms with E-state index in [9.17, 15) is 0 Å². The largest absolute Gasteiger partial charge is 0.322 e. The van der Waals surface area contributed by atoms with Crippen molar-refractivity contribution in [1.82, 2.24) is 9.78 Å². The minimum absolute atomic E-state index is 0.0293. The zero-order valence-corrected chi connectivity index (χ0v) is 10.6. The lowest BCUT2D eigenvalue weighted by Crippen LogP contribution is -2.14. The number of aromatic nitrogens is 2.